The van der Waals surface area contributed by atoms with Gasteiger partial charge in [-0.15, -0.1) is 0 Å². The topological polar surface area (TPSA) is 54.0 Å². The van der Waals surface area contributed by atoms with E-state index in [-0.39, 0.29) is 11.8 Å². The zero-order valence-electron chi connectivity index (χ0n) is 11.2. The van der Waals surface area contributed by atoms with Crippen LogP contribution in [0.1, 0.15) is 17.0 Å². The SMILES string of the molecule is O=C(NCCc1ccncc1)C1CNc2ccccc21. The molecule has 3 rings (SSSR count). The van der Waals surface area contributed by atoms with E-state index < -0.39 is 0 Å². The first-order valence-corrected chi connectivity index (χ1v) is 6.84. The molecule has 0 saturated heterocycles. The van der Waals surface area contributed by atoms with Gasteiger partial charge in [-0.05, 0) is 35.7 Å². The lowest BCUT2D eigenvalue weighted by atomic mass is 10.0. The lowest BCUT2D eigenvalue weighted by Crippen LogP contribution is -2.31. The minimum Gasteiger partial charge on any atom is -0.384 e. The van der Waals surface area contributed by atoms with Crippen molar-refractivity contribution in [3.05, 3.63) is 59.9 Å². The Bertz CT molecular complexity index is 598. The number of nitrogens with one attached hydrogen (secondary N) is 2. The van der Waals surface area contributed by atoms with Crippen molar-refractivity contribution in [1.29, 1.82) is 0 Å². The highest BCUT2D eigenvalue weighted by Crippen LogP contribution is 2.30. The van der Waals surface area contributed by atoms with Crippen LogP contribution in [-0.2, 0) is 11.2 Å². The van der Waals surface area contributed by atoms with E-state index in [1.807, 2.05) is 36.4 Å². The maximum atomic E-state index is 12.2. The van der Waals surface area contributed by atoms with Gasteiger partial charge in [-0.2, -0.15) is 0 Å². The molecule has 1 unspecified atom stereocenters. The largest absolute Gasteiger partial charge is 0.384 e. The fraction of sp³-hybridized carbons (Fsp3) is 0.250. The number of hydrogen-bond acceptors (Lipinski definition) is 3. The third-order valence-corrected chi connectivity index (χ3v) is 3.61. The molecule has 1 aromatic carbocycles. The molecule has 102 valence electrons. The lowest BCUT2D eigenvalue weighted by Gasteiger charge is -2.11. The van der Waals surface area contributed by atoms with Crippen molar-refractivity contribution < 1.29 is 4.79 Å². The second-order valence-electron chi connectivity index (χ2n) is 4.92. The smallest absolute Gasteiger partial charge is 0.229 e. The number of nitrogens with zero attached hydrogens (tertiary/aromatic N) is 1. The Balaban J connectivity index is 1.56. The molecular weight excluding hydrogens is 250 g/mol. The number of carbonyl (C=O) groups excluding carboxylic acids is 1. The van der Waals surface area contributed by atoms with Crippen LogP contribution in [0, 0.1) is 0 Å². The molecule has 0 radical (unpaired) electrons. The van der Waals surface area contributed by atoms with Crippen LogP contribution in [0.3, 0.4) is 0 Å². The van der Waals surface area contributed by atoms with Crippen LogP contribution in [0.5, 0.6) is 0 Å². The van der Waals surface area contributed by atoms with E-state index in [9.17, 15) is 4.79 Å². The molecular formula is C16H17N3O. The summed E-state index contributed by atoms with van der Waals surface area (Å²) in [5.41, 5.74) is 3.35. The molecule has 1 amide bonds. The van der Waals surface area contributed by atoms with Crippen LogP contribution in [-0.4, -0.2) is 24.0 Å². The molecule has 0 aliphatic carbocycles. The molecule has 0 fully saturated rings. The van der Waals surface area contributed by atoms with Gasteiger partial charge in [-0.3, -0.25) is 9.78 Å². The third-order valence-electron chi connectivity index (χ3n) is 3.61. The van der Waals surface area contributed by atoms with Gasteiger partial charge in [0.05, 0.1) is 5.92 Å². The molecule has 20 heavy (non-hydrogen) atoms. The van der Waals surface area contributed by atoms with Crippen molar-refractivity contribution in [2.75, 3.05) is 18.4 Å². The lowest BCUT2D eigenvalue weighted by molar-refractivity contribution is -0.122. The first-order chi connectivity index (χ1) is 9.84. The average molecular weight is 267 g/mol. The fourth-order valence-electron chi connectivity index (χ4n) is 2.52. The quantitative estimate of drug-likeness (QED) is 0.890. The zero-order valence-corrected chi connectivity index (χ0v) is 11.2. The van der Waals surface area contributed by atoms with E-state index in [0.717, 1.165) is 17.7 Å². The van der Waals surface area contributed by atoms with E-state index in [4.69, 9.17) is 0 Å². The maximum Gasteiger partial charge on any atom is 0.229 e. The van der Waals surface area contributed by atoms with Gasteiger partial charge < -0.3 is 10.6 Å². The molecule has 4 heteroatoms. The number of carbonyl (C=O) groups is 1. The summed E-state index contributed by atoms with van der Waals surface area (Å²) >= 11 is 0. The standard InChI is InChI=1S/C16H17N3O/c20-16(18-10-7-12-5-8-17-9-6-12)14-11-19-15-4-2-1-3-13(14)15/h1-6,8-9,14,19H,7,10-11H2,(H,18,20). The zero-order chi connectivity index (χ0) is 13.8. The number of pyridine rings is 1. The fourth-order valence-corrected chi connectivity index (χ4v) is 2.52. The number of hydrogen-bond donors (Lipinski definition) is 2. The molecule has 0 bridgehead atoms. The molecule has 0 spiro atoms. The summed E-state index contributed by atoms with van der Waals surface area (Å²) in [5.74, 6) is 0.0140. The summed E-state index contributed by atoms with van der Waals surface area (Å²) in [5, 5.41) is 6.28. The number of para-hydroxylation sites is 1. The Labute approximate surface area is 118 Å². The number of aromatic nitrogens is 1. The molecule has 0 saturated carbocycles. The Morgan fingerprint density at radius 1 is 1.25 bits per heavy atom. The Kier molecular flexibility index (Phi) is 3.63. The van der Waals surface area contributed by atoms with Crippen LogP contribution < -0.4 is 10.6 Å². The summed E-state index contributed by atoms with van der Waals surface area (Å²) in [7, 11) is 0. The van der Waals surface area contributed by atoms with Crippen LogP contribution in [0.25, 0.3) is 0 Å². The van der Waals surface area contributed by atoms with Gasteiger partial charge in [0.25, 0.3) is 0 Å². The van der Waals surface area contributed by atoms with E-state index in [1.54, 1.807) is 12.4 Å². The Hall–Kier alpha value is -2.36. The monoisotopic (exact) mass is 267 g/mol. The summed E-state index contributed by atoms with van der Waals surface area (Å²) in [4.78, 5) is 16.2. The number of benzene rings is 1. The highest BCUT2D eigenvalue weighted by molar-refractivity contribution is 5.88. The Morgan fingerprint density at radius 3 is 2.90 bits per heavy atom. The van der Waals surface area contributed by atoms with Crippen molar-refractivity contribution in [3.63, 3.8) is 0 Å². The predicted molar refractivity (Wildman–Crippen MR) is 78.6 cm³/mol. The molecule has 4 nitrogen and oxygen atoms in total. The summed E-state index contributed by atoms with van der Waals surface area (Å²) in [6.45, 7) is 1.34. The highest BCUT2D eigenvalue weighted by atomic mass is 16.1. The van der Waals surface area contributed by atoms with E-state index in [1.165, 1.54) is 5.56 Å². The molecule has 1 atom stereocenters. The van der Waals surface area contributed by atoms with Gasteiger partial charge >= 0.3 is 0 Å². The van der Waals surface area contributed by atoms with Crippen molar-refractivity contribution in [1.82, 2.24) is 10.3 Å². The minimum absolute atomic E-state index is 0.0800. The normalized spacial score (nSPS) is 16.3. The minimum atomic E-state index is -0.0800. The van der Waals surface area contributed by atoms with Crippen LogP contribution in [0.4, 0.5) is 5.69 Å². The van der Waals surface area contributed by atoms with Crippen molar-refractivity contribution >= 4 is 11.6 Å². The Morgan fingerprint density at radius 2 is 2.05 bits per heavy atom. The van der Waals surface area contributed by atoms with Gasteiger partial charge in [0, 0.05) is 31.2 Å². The number of rotatable bonds is 4. The predicted octanol–water partition coefficient (Wildman–Crippen LogP) is 1.95. The molecule has 1 aliphatic rings. The first kappa shape index (κ1) is 12.7. The summed E-state index contributed by atoms with van der Waals surface area (Å²) in [6, 6.07) is 11.9. The third kappa shape index (κ3) is 2.64. The van der Waals surface area contributed by atoms with Gasteiger partial charge in [0.15, 0.2) is 0 Å². The van der Waals surface area contributed by atoms with Crippen LogP contribution in [0.15, 0.2) is 48.8 Å². The van der Waals surface area contributed by atoms with E-state index in [0.29, 0.717) is 13.1 Å². The molecule has 2 heterocycles. The van der Waals surface area contributed by atoms with Gasteiger partial charge in [-0.1, -0.05) is 18.2 Å². The van der Waals surface area contributed by atoms with Crippen LogP contribution in [0.2, 0.25) is 0 Å². The first-order valence-electron chi connectivity index (χ1n) is 6.84. The molecule has 2 N–H and O–H groups in total. The highest BCUT2D eigenvalue weighted by Gasteiger charge is 2.27. The van der Waals surface area contributed by atoms with Gasteiger partial charge in [0.2, 0.25) is 5.91 Å². The second kappa shape index (κ2) is 5.74. The maximum absolute atomic E-state index is 12.2. The number of amides is 1. The van der Waals surface area contributed by atoms with E-state index in [2.05, 4.69) is 15.6 Å². The van der Waals surface area contributed by atoms with Crippen molar-refractivity contribution in [2.24, 2.45) is 0 Å². The van der Waals surface area contributed by atoms with Crippen molar-refractivity contribution in [2.45, 2.75) is 12.3 Å². The number of fused-ring (bicyclic) bond motifs is 1. The van der Waals surface area contributed by atoms with Gasteiger partial charge in [0.1, 0.15) is 0 Å². The molecule has 1 aliphatic heterocycles. The van der Waals surface area contributed by atoms with Gasteiger partial charge in [-0.25, -0.2) is 0 Å². The summed E-state index contributed by atoms with van der Waals surface area (Å²) < 4.78 is 0. The molecule has 2 aromatic rings. The average Bonchev–Trinajstić information content (AvgIpc) is 2.92. The van der Waals surface area contributed by atoms with Crippen molar-refractivity contribution in [3.8, 4) is 0 Å². The van der Waals surface area contributed by atoms with E-state index >= 15 is 0 Å². The summed E-state index contributed by atoms with van der Waals surface area (Å²) in [6.07, 6.45) is 4.37. The number of anilines is 1. The van der Waals surface area contributed by atoms with Crippen LogP contribution >= 0.6 is 0 Å². The molecule has 1 aromatic heterocycles. The second-order valence-corrected chi connectivity index (χ2v) is 4.92.